The molecule has 0 amide bonds. The van der Waals surface area contributed by atoms with Crippen molar-refractivity contribution in [1.29, 1.82) is 0 Å². The third-order valence-corrected chi connectivity index (χ3v) is 4.49. The highest BCUT2D eigenvalue weighted by Crippen LogP contribution is 2.36. The summed E-state index contributed by atoms with van der Waals surface area (Å²) in [5.41, 5.74) is -1.17. The van der Waals surface area contributed by atoms with Crippen LogP contribution in [0.1, 0.15) is 30.8 Å². The molecule has 1 aliphatic heterocycles. The normalized spacial score (nSPS) is 13.0. The number of hydrogen-bond acceptors (Lipinski definition) is 6. The van der Waals surface area contributed by atoms with E-state index in [1.54, 1.807) is 0 Å². The van der Waals surface area contributed by atoms with Gasteiger partial charge in [0.05, 0.1) is 10.9 Å². The number of carbonyl (C=O) groups is 1. The lowest BCUT2D eigenvalue weighted by atomic mass is 10.1. The maximum absolute atomic E-state index is 13.5. The molecule has 0 saturated heterocycles. The zero-order valence-electron chi connectivity index (χ0n) is 15.0. The van der Waals surface area contributed by atoms with Gasteiger partial charge in [0.1, 0.15) is 12.2 Å². The van der Waals surface area contributed by atoms with Gasteiger partial charge in [-0.15, -0.1) is 0 Å². The number of aromatic nitrogens is 1. The van der Waals surface area contributed by atoms with Gasteiger partial charge in [0, 0.05) is 18.8 Å². The van der Waals surface area contributed by atoms with Gasteiger partial charge in [-0.05, 0) is 19.2 Å². The Morgan fingerprint density at radius 1 is 1.26 bits per heavy atom. The summed E-state index contributed by atoms with van der Waals surface area (Å²) in [5.74, 6) is -0.389. The predicted octanol–water partition coefficient (Wildman–Crippen LogP) is 2.62. The van der Waals surface area contributed by atoms with Crippen molar-refractivity contribution < 1.29 is 27.8 Å². The standard InChI is InChI=1S/C18H20F2N2O5/c1-3-21(4-2)5-6-25-17(24)12-9-22(18(19)20)13-8-15-14(26-10-27-15)7-11(13)16(12)23/h7-9,18H,3-6,10H2,1-2H3. The number of likely N-dealkylation sites (N-methyl/N-ethyl adjacent to an activating group) is 1. The third kappa shape index (κ3) is 3.73. The summed E-state index contributed by atoms with van der Waals surface area (Å²) in [6, 6.07) is 2.62. The van der Waals surface area contributed by atoms with Gasteiger partial charge in [-0.3, -0.25) is 9.36 Å². The van der Waals surface area contributed by atoms with E-state index in [0.29, 0.717) is 11.1 Å². The van der Waals surface area contributed by atoms with Crippen molar-refractivity contribution >= 4 is 16.9 Å². The molecule has 1 aromatic carbocycles. The average molecular weight is 382 g/mol. The van der Waals surface area contributed by atoms with Crippen molar-refractivity contribution in [1.82, 2.24) is 9.47 Å². The molecule has 9 heteroatoms. The Labute approximate surface area is 154 Å². The SMILES string of the molecule is CCN(CC)CCOC(=O)c1cn(C(F)F)c2cc3c(cc2c1=O)OCO3. The summed E-state index contributed by atoms with van der Waals surface area (Å²) in [7, 11) is 0. The Bertz CT molecular complexity index is 909. The fourth-order valence-corrected chi connectivity index (χ4v) is 2.93. The fourth-order valence-electron chi connectivity index (χ4n) is 2.93. The number of benzene rings is 1. The molecule has 0 bridgehead atoms. The van der Waals surface area contributed by atoms with Gasteiger partial charge in [0.25, 0.3) is 0 Å². The third-order valence-electron chi connectivity index (χ3n) is 4.49. The predicted molar refractivity (Wildman–Crippen MR) is 93.7 cm³/mol. The van der Waals surface area contributed by atoms with Crippen LogP contribution >= 0.6 is 0 Å². The Kier molecular flexibility index (Phi) is 5.59. The molecule has 7 nitrogen and oxygen atoms in total. The summed E-state index contributed by atoms with van der Waals surface area (Å²) in [6.45, 7) is 3.07. The maximum atomic E-state index is 13.5. The number of rotatable bonds is 7. The molecule has 0 fully saturated rings. The number of esters is 1. The smallest absolute Gasteiger partial charge is 0.343 e. The maximum Gasteiger partial charge on any atom is 0.343 e. The number of halogens is 2. The van der Waals surface area contributed by atoms with Gasteiger partial charge in [-0.2, -0.15) is 8.78 Å². The van der Waals surface area contributed by atoms with Gasteiger partial charge in [-0.1, -0.05) is 13.8 Å². The first kappa shape index (κ1) is 19.1. The summed E-state index contributed by atoms with van der Waals surface area (Å²) in [4.78, 5) is 27.0. The molecular weight excluding hydrogens is 362 g/mol. The van der Waals surface area contributed by atoms with E-state index in [4.69, 9.17) is 14.2 Å². The first-order valence-electron chi connectivity index (χ1n) is 8.62. The van der Waals surface area contributed by atoms with Crippen LogP contribution < -0.4 is 14.9 Å². The molecule has 3 rings (SSSR count). The molecule has 1 aromatic heterocycles. The van der Waals surface area contributed by atoms with E-state index in [1.165, 1.54) is 12.1 Å². The van der Waals surface area contributed by atoms with Crippen molar-refractivity contribution in [2.75, 3.05) is 33.0 Å². The summed E-state index contributed by atoms with van der Waals surface area (Å²) in [6.07, 6.45) is 0.831. The molecule has 0 radical (unpaired) electrons. The van der Waals surface area contributed by atoms with Gasteiger partial charge in [0.2, 0.25) is 12.2 Å². The fraction of sp³-hybridized carbons (Fsp3) is 0.444. The van der Waals surface area contributed by atoms with E-state index in [1.807, 2.05) is 18.7 Å². The highest BCUT2D eigenvalue weighted by molar-refractivity contribution is 5.94. The second kappa shape index (κ2) is 7.91. The molecule has 2 aromatic rings. The Hall–Kier alpha value is -2.68. The van der Waals surface area contributed by atoms with Gasteiger partial charge in [-0.25, -0.2) is 4.79 Å². The first-order chi connectivity index (χ1) is 13.0. The summed E-state index contributed by atoms with van der Waals surface area (Å²) < 4.78 is 43.1. The molecule has 2 heterocycles. The van der Waals surface area contributed by atoms with Crippen LogP contribution in [-0.2, 0) is 4.74 Å². The van der Waals surface area contributed by atoms with E-state index in [2.05, 4.69) is 0 Å². The van der Waals surface area contributed by atoms with Crippen LogP contribution in [0.2, 0.25) is 0 Å². The van der Waals surface area contributed by atoms with E-state index in [-0.39, 0.29) is 35.8 Å². The Morgan fingerprint density at radius 2 is 1.93 bits per heavy atom. The van der Waals surface area contributed by atoms with Crippen LogP contribution in [0, 0.1) is 0 Å². The van der Waals surface area contributed by atoms with Gasteiger partial charge >= 0.3 is 12.5 Å². The number of hydrogen-bond donors (Lipinski definition) is 0. The number of carbonyl (C=O) groups excluding carboxylic acids is 1. The number of fused-ring (bicyclic) bond motifs is 2. The topological polar surface area (TPSA) is 70.0 Å². The lowest BCUT2D eigenvalue weighted by molar-refractivity contribution is 0.0459. The molecule has 0 atom stereocenters. The quantitative estimate of drug-likeness (QED) is 0.686. The average Bonchev–Trinajstić information content (AvgIpc) is 3.11. The monoisotopic (exact) mass is 382 g/mol. The zero-order valence-corrected chi connectivity index (χ0v) is 15.0. The van der Waals surface area contributed by atoms with Gasteiger partial charge in [0.15, 0.2) is 11.5 Å². The minimum Gasteiger partial charge on any atom is -0.461 e. The molecule has 27 heavy (non-hydrogen) atoms. The summed E-state index contributed by atoms with van der Waals surface area (Å²) >= 11 is 0. The van der Waals surface area contributed by atoms with Crippen molar-refractivity contribution in [3.05, 3.63) is 34.1 Å². The second-order valence-corrected chi connectivity index (χ2v) is 5.94. The van der Waals surface area contributed by atoms with Crippen molar-refractivity contribution in [2.24, 2.45) is 0 Å². The highest BCUT2D eigenvalue weighted by Gasteiger charge is 2.23. The highest BCUT2D eigenvalue weighted by atomic mass is 19.3. The minimum atomic E-state index is -2.95. The van der Waals surface area contributed by atoms with Crippen molar-refractivity contribution in [3.63, 3.8) is 0 Å². The van der Waals surface area contributed by atoms with Crippen LogP contribution in [0.4, 0.5) is 8.78 Å². The number of pyridine rings is 1. The lowest BCUT2D eigenvalue weighted by Gasteiger charge is -2.17. The zero-order chi connectivity index (χ0) is 19.6. The van der Waals surface area contributed by atoms with Crippen LogP contribution in [0.5, 0.6) is 11.5 Å². The van der Waals surface area contributed by atoms with E-state index in [0.717, 1.165) is 19.3 Å². The molecule has 146 valence electrons. The molecule has 0 aliphatic carbocycles. The summed E-state index contributed by atoms with van der Waals surface area (Å²) in [5, 5.41) is -0.0576. The molecule has 1 aliphatic rings. The number of ether oxygens (including phenoxy) is 3. The molecule has 0 spiro atoms. The van der Waals surface area contributed by atoms with E-state index >= 15 is 0 Å². The molecule has 0 N–H and O–H groups in total. The Balaban J connectivity index is 1.96. The van der Waals surface area contributed by atoms with Crippen molar-refractivity contribution in [3.8, 4) is 11.5 Å². The largest absolute Gasteiger partial charge is 0.461 e. The number of alkyl halides is 2. The van der Waals surface area contributed by atoms with Crippen LogP contribution in [-0.4, -0.2) is 48.5 Å². The first-order valence-corrected chi connectivity index (χ1v) is 8.62. The lowest BCUT2D eigenvalue weighted by Crippen LogP contribution is -2.29. The van der Waals surface area contributed by atoms with Crippen LogP contribution in [0.15, 0.2) is 23.1 Å². The van der Waals surface area contributed by atoms with E-state index < -0.39 is 23.5 Å². The van der Waals surface area contributed by atoms with Crippen LogP contribution in [0.3, 0.4) is 0 Å². The molecule has 0 unspecified atom stereocenters. The second-order valence-electron chi connectivity index (χ2n) is 5.94. The van der Waals surface area contributed by atoms with Gasteiger partial charge < -0.3 is 19.1 Å². The number of nitrogens with zero attached hydrogens (tertiary/aromatic N) is 2. The van der Waals surface area contributed by atoms with E-state index in [9.17, 15) is 18.4 Å². The molecule has 0 saturated carbocycles. The van der Waals surface area contributed by atoms with Crippen LogP contribution in [0.25, 0.3) is 10.9 Å². The molecular formula is C18H20F2N2O5. The Morgan fingerprint density at radius 3 is 2.56 bits per heavy atom. The van der Waals surface area contributed by atoms with Crippen molar-refractivity contribution in [2.45, 2.75) is 20.4 Å². The minimum absolute atomic E-state index is 0.0426.